The molecule has 3 rings (SSSR count). The number of likely N-dealkylation sites (N-methyl/N-ethyl adjacent to an activating group) is 1. The molecule has 0 aliphatic carbocycles. The minimum Gasteiger partial charge on any atom is -0.493 e. The predicted molar refractivity (Wildman–Crippen MR) is 122 cm³/mol. The van der Waals surface area contributed by atoms with Crippen LogP contribution in [0, 0.1) is 5.92 Å². The Hall–Kier alpha value is -3.22. The number of carbonyl (C=O) groups excluding carboxylic acids is 2. The standard InChI is InChI=1S/C25H32N2O5/c1-5-26-22(28)16-31-20-12-11-18(15-21(20)30-4)23-24(32-19-9-7-6-8-10-19)25(29)27(23)14-13-17(2)3/h6-12,15,17,23-24H,5,13-14,16H2,1-4H3,(H,26,28)/t23-,24+/m1/s1. The van der Waals surface area contributed by atoms with Gasteiger partial charge in [-0.05, 0) is 49.1 Å². The molecule has 2 atom stereocenters. The first-order valence-corrected chi connectivity index (χ1v) is 11.0. The molecular weight excluding hydrogens is 408 g/mol. The van der Waals surface area contributed by atoms with Gasteiger partial charge in [0.2, 0.25) is 6.10 Å². The quantitative estimate of drug-likeness (QED) is 0.541. The fraction of sp³-hybridized carbons (Fsp3) is 0.440. The molecule has 0 radical (unpaired) electrons. The lowest BCUT2D eigenvalue weighted by Gasteiger charge is -2.47. The maximum absolute atomic E-state index is 12.9. The fourth-order valence-corrected chi connectivity index (χ4v) is 3.66. The molecule has 1 fully saturated rings. The third kappa shape index (κ3) is 5.52. The van der Waals surface area contributed by atoms with Crippen LogP contribution in [0.2, 0.25) is 0 Å². The van der Waals surface area contributed by atoms with E-state index in [1.165, 1.54) is 0 Å². The Morgan fingerprint density at radius 3 is 2.53 bits per heavy atom. The molecular formula is C25H32N2O5. The van der Waals surface area contributed by atoms with Crippen LogP contribution in [-0.2, 0) is 9.59 Å². The minimum absolute atomic E-state index is 0.0185. The number of carbonyl (C=O) groups is 2. The third-order valence-electron chi connectivity index (χ3n) is 5.36. The summed E-state index contributed by atoms with van der Waals surface area (Å²) >= 11 is 0. The molecule has 2 aromatic rings. The normalized spacial score (nSPS) is 17.7. The van der Waals surface area contributed by atoms with Crippen LogP contribution in [0.4, 0.5) is 0 Å². The number of amides is 2. The molecule has 2 amide bonds. The molecule has 1 N–H and O–H groups in total. The predicted octanol–water partition coefficient (Wildman–Crippen LogP) is 3.59. The highest BCUT2D eigenvalue weighted by Crippen LogP contribution is 2.41. The number of benzene rings is 2. The summed E-state index contributed by atoms with van der Waals surface area (Å²) in [7, 11) is 1.55. The van der Waals surface area contributed by atoms with Crippen molar-refractivity contribution in [1.82, 2.24) is 10.2 Å². The van der Waals surface area contributed by atoms with Crippen LogP contribution in [0.15, 0.2) is 48.5 Å². The number of methoxy groups -OCH3 is 1. The number of nitrogens with one attached hydrogen (secondary N) is 1. The lowest BCUT2D eigenvalue weighted by Crippen LogP contribution is -2.61. The van der Waals surface area contributed by atoms with E-state index in [9.17, 15) is 9.59 Å². The summed E-state index contributed by atoms with van der Waals surface area (Å²) in [5.74, 6) is 1.91. The number of nitrogens with zero attached hydrogens (tertiary/aromatic N) is 1. The van der Waals surface area contributed by atoms with Gasteiger partial charge in [-0.1, -0.05) is 38.1 Å². The van der Waals surface area contributed by atoms with Gasteiger partial charge in [-0.3, -0.25) is 9.59 Å². The second kappa shape index (κ2) is 10.9. The first kappa shape index (κ1) is 23.4. The summed E-state index contributed by atoms with van der Waals surface area (Å²) in [4.78, 5) is 26.5. The van der Waals surface area contributed by atoms with Crippen molar-refractivity contribution in [2.75, 3.05) is 26.8 Å². The first-order valence-electron chi connectivity index (χ1n) is 11.0. The monoisotopic (exact) mass is 440 g/mol. The average Bonchev–Trinajstić information content (AvgIpc) is 2.79. The Bertz CT molecular complexity index is 916. The summed E-state index contributed by atoms with van der Waals surface area (Å²) in [5.41, 5.74) is 0.900. The molecule has 172 valence electrons. The summed E-state index contributed by atoms with van der Waals surface area (Å²) in [5, 5.41) is 2.70. The number of ether oxygens (including phenoxy) is 3. The molecule has 1 heterocycles. The topological polar surface area (TPSA) is 77.1 Å². The molecule has 0 spiro atoms. The number of β-lactam (4-membered cyclic amide) rings is 1. The molecule has 0 bridgehead atoms. The molecule has 1 aliphatic rings. The number of hydrogen-bond donors (Lipinski definition) is 1. The molecule has 0 unspecified atom stereocenters. The highest BCUT2D eigenvalue weighted by atomic mass is 16.5. The van der Waals surface area contributed by atoms with Gasteiger partial charge in [0.15, 0.2) is 18.1 Å². The number of para-hydroxylation sites is 1. The zero-order valence-corrected chi connectivity index (χ0v) is 19.2. The number of hydrogen-bond acceptors (Lipinski definition) is 5. The van der Waals surface area contributed by atoms with E-state index >= 15 is 0 Å². The molecule has 7 nitrogen and oxygen atoms in total. The molecule has 0 saturated carbocycles. The maximum atomic E-state index is 12.9. The molecule has 7 heteroatoms. The Morgan fingerprint density at radius 1 is 1.12 bits per heavy atom. The fourth-order valence-electron chi connectivity index (χ4n) is 3.66. The van der Waals surface area contributed by atoms with E-state index < -0.39 is 6.10 Å². The van der Waals surface area contributed by atoms with Gasteiger partial charge < -0.3 is 24.4 Å². The largest absolute Gasteiger partial charge is 0.493 e. The van der Waals surface area contributed by atoms with Crippen molar-refractivity contribution in [3.8, 4) is 17.2 Å². The van der Waals surface area contributed by atoms with Crippen LogP contribution < -0.4 is 19.5 Å². The number of rotatable bonds is 11. The smallest absolute Gasteiger partial charge is 0.266 e. The molecule has 0 aromatic heterocycles. The lowest BCUT2D eigenvalue weighted by atomic mass is 9.89. The Labute approximate surface area is 189 Å². The van der Waals surface area contributed by atoms with Crippen LogP contribution >= 0.6 is 0 Å². The van der Waals surface area contributed by atoms with Gasteiger partial charge in [-0.2, -0.15) is 0 Å². The van der Waals surface area contributed by atoms with Gasteiger partial charge >= 0.3 is 0 Å². The van der Waals surface area contributed by atoms with Gasteiger partial charge in [-0.25, -0.2) is 0 Å². The van der Waals surface area contributed by atoms with Crippen LogP contribution in [0.3, 0.4) is 0 Å². The van der Waals surface area contributed by atoms with E-state index in [-0.39, 0.29) is 24.5 Å². The van der Waals surface area contributed by atoms with Crippen LogP contribution in [-0.4, -0.2) is 49.6 Å². The SMILES string of the molecule is CCNC(=O)COc1ccc([C@@H]2[C@H](Oc3ccccc3)C(=O)N2CCC(C)C)cc1OC. The van der Waals surface area contributed by atoms with Crippen molar-refractivity contribution >= 4 is 11.8 Å². The Morgan fingerprint density at radius 2 is 1.88 bits per heavy atom. The zero-order valence-electron chi connectivity index (χ0n) is 19.2. The van der Waals surface area contributed by atoms with Crippen molar-refractivity contribution in [2.24, 2.45) is 5.92 Å². The van der Waals surface area contributed by atoms with Gasteiger partial charge in [0.05, 0.1) is 7.11 Å². The average molecular weight is 441 g/mol. The van der Waals surface area contributed by atoms with Crippen molar-refractivity contribution in [2.45, 2.75) is 39.3 Å². The molecule has 32 heavy (non-hydrogen) atoms. The summed E-state index contributed by atoms with van der Waals surface area (Å²) in [6.45, 7) is 7.25. The highest BCUT2D eigenvalue weighted by molar-refractivity contribution is 5.89. The minimum atomic E-state index is -0.601. The van der Waals surface area contributed by atoms with Gasteiger partial charge in [-0.15, -0.1) is 0 Å². The van der Waals surface area contributed by atoms with Crippen LogP contribution in [0.25, 0.3) is 0 Å². The van der Waals surface area contributed by atoms with Gasteiger partial charge in [0.1, 0.15) is 11.8 Å². The first-order chi connectivity index (χ1) is 15.4. The van der Waals surface area contributed by atoms with Gasteiger partial charge in [0, 0.05) is 13.1 Å². The van der Waals surface area contributed by atoms with E-state index in [4.69, 9.17) is 14.2 Å². The molecule has 1 saturated heterocycles. The van der Waals surface area contributed by atoms with E-state index in [2.05, 4.69) is 19.2 Å². The van der Waals surface area contributed by atoms with Gasteiger partial charge in [0.25, 0.3) is 11.8 Å². The maximum Gasteiger partial charge on any atom is 0.266 e. The Kier molecular flexibility index (Phi) is 7.98. The van der Waals surface area contributed by atoms with Crippen LogP contribution in [0.5, 0.6) is 17.2 Å². The van der Waals surface area contributed by atoms with Crippen molar-refractivity contribution < 1.29 is 23.8 Å². The highest BCUT2D eigenvalue weighted by Gasteiger charge is 2.50. The van der Waals surface area contributed by atoms with Crippen molar-refractivity contribution in [1.29, 1.82) is 0 Å². The van der Waals surface area contributed by atoms with E-state index in [1.54, 1.807) is 13.2 Å². The summed E-state index contributed by atoms with van der Waals surface area (Å²) in [6, 6.07) is 14.7. The van der Waals surface area contributed by atoms with E-state index in [0.29, 0.717) is 36.3 Å². The Balaban J connectivity index is 1.82. The van der Waals surface area contributed by atoms with E-state index in [0.717, 1.165) is 12.0 Å². The second-order valence-electron chi connectivity index (χ2n) is 8.16. The zero-order chi connectivity index (χ0) is 23.1. The molecule has 2 aromatic carbocycles. The summed E-state index contributed by atoms with van der Waals surface area (Å²) in [6.07, 6.45) is 0.307. The third-order valence-corrected chi connectivity index (χ3v) is 5.36. The van der Waals surface area contributed by atoms with Crippen molar-refractivity contribution in [3.63, 3.8) is 0 Å². The molecule has 1 aliphatic heterocycles. The van der Waals surface area contributed by atoms with E-state index in [1.807, 2.05) is 54.3 Å². The lowest BCUT2D eigenvalue weighted by molar-refractivity contribution is -0.164. The summed E-state index contributed by atoms with van der Waals surface area (Å²) < 4.78 is 17.2. The van der Waals surface area contributed by atoms with Crippen LogP contribution in [0.1, 0.15) is 38.8 Å². The van der Waals surface area contributed by atoms with Crippen molar-refractivity contribution in [3.05, 3.63) is 54.1 Å². The second-order valence-corrected chi connectivity index (χ2v) is 8.16. The number of likely N-dealkylation sites (tertiary alicyclic amines) is 1.